The lowest BCUT2D eigenvalue weighted by atomic mass is 9.93. The number of halogens is 2. The molecule has 286 valence electrons. The fourth-order valence-electron chi connectivity index (χ4n) is 6.28. The van der Waals surface area contributed by atoms with Crippen molar-refractivity contribution in [1.82, 2.24) is 24.1 Å². The minimum atomic E-state index is -4.25. The van der Waals surface area contributed by atoms with Crippen LogP contribution in [0.1, 0.15) is 49.5 Å². The molecule has 0 N–H and O–H groups in total. The number of hydrogen-bond acceptors (Lipinski definition) is 9. The number of carbonyl (C=O) groups is 2. The van der Waals surface area contributed by atoms with Crippen LogP contribution in [0.25, 0.3) is 0 Å². The Bertz CT molecular complexity index is 1920. The number of carbonyl (C=O) groups excluding carboxylic acids is 2. The first-order valence-corrected chi connectivity index (χ1v) is 19.4. The van der Waals surface area contributed by atoms with Crippen molar-refractivity contribution in [2.75, 3.05) is 67.6 Å². The minimum absolute atomic E-state index is 0.00943. The van der Waals surface area contributed by atoms with E-state index in [2.05, 4.69) is 0 Å². The number of amidine groups is 1. The molecule has 53 heavy (non-hydrogen) atoms. The number of hydroxylamine groups is 1. The van der Waals surface area contributed by atoms with E-state index in [1.807, 2.05) is 43.0 Å². The van der Waals surface area contributed by atoms with Crippen molar-refractivity contribution in [2.24, 2.45) is 4.99 Å². The van der Waals surface area contributed by atoms with Crippen molar-refractivity contribution in [2.45, 2.75) is 43.8 Å². The third-order valence-electron chi connectivity index (χ3n) is 9.55. The second kappa shape index (κ2) is 17.0. The van der Waals surface area contributed by atoms with E-state index < -0.39 is 22.1 Å². The van der Waals surface area contributed by atoms with Crippen LogP contribution in [-0.4, -0.2) is 124 Å². The highest BCUT2D eigenvalue weighted by atomic mass is 35.5. The number of sulfonamides is 1. The van der Waals surface area contributed by atoms with Crippen molar-refractivity contribution in [3.05, 3.63) is 87.4 Å². The molecule has 0 spiro atoms. The monoisotopic (exact) mass is 788 g/mol. The summed E-state index contributed by atoms with van der Waals surface area (Å²) in [4.78, 5) is 45.1. The summed E-state index contributed by atoms with van der Waals surface area (Å²) in [5.41, 5.74) is 1.79. The van der Waals surface area contributed by atoms with Crippen molar-refractivity contribution in [3.63, 3.8) is 0 Å². The average Bonchev–Trinajstić information content (AvgIpc) is 3.54. The molecule has 2 atom stereocenters. The number of hydrogen-bond donors (Lipinski definition) is 0. The molecule has 2 heterocycles. The summed E-state index contributed by atoms with van der Waals surface area (Å²) >= 11 is 12.6. The van der Waals surface area contributed by atoms with Gasteiger partial charge in [0.25, 0.3) is 10.0 Å². The Balaban J connectivity index is 1.66. The Morgan fingerprint density at radius 3 is 2.02 bits per heavy atom. The third-order valence-corrected chi connectivity index (χ3v) is 11.8. The topological polar surface area (TPSA) is 125 Å². The van der Waals surface area contributed by atoms with Gasteiger partial charge in [0, 0.05) is 62.4 Å². The first-order valence-electron chi connectivity index (χ1n) is 17.2. The van der Waals surface area contributed by atoms with Crippen LogP contribution in [0.15, 0.2) is 70.6 Å². The number of methoxy groups -OCH3 is 1. The summed E-state index contributed by atoms with van der Waals surface area (Å²) in [6.45, 7) is 7.86. The van der Waals surface area contributed by atoms with Crippen molar-refractivity contribution in [1.29, 1.82) is 0 Å². The smallest absolute Gasteiger partial charge is 0.326 e. The predicted molar refractivity (Wildman–Crippen MR) is 204 cm³/mol. The molecule has 5 rings (SSSR count). The van der Waals surface area contributed by atoms with E-state index in [1.165, 1.54) is 33.4 Å². The zero-order valence-corrected chi connectivity index (χ0v) is 33.3. The maximum absolute atomic E-state index is 15.0. The van der Waals surface area contributed by atoms with Gasteiger partial charge < -0.3 is 19.3 Å². The number of urea groups is 1. The summed E-state index contributed by atoms with van der Waals surface area (Å²) in [5.74, 6) is 0.503. The number of nitrogens with zero attached hydrogens (tertiary/aromatic N) is 6. The molecule has 1 saturated heterocycles. The van der Waals surface area contributed by atoms with Crippen LogP contribution in [-0.2, 0) is 19.7 Å². The van der Waals surface area contributed by atoms with E-state index in [0.717, 1.165) is 15.6 Å². The molecule has 16 heteroatoms. The second-order valence-corrected chi connectivity index (χ2v) is 15.8. The van der Waals surface area contributed by atoms with Gasteiger partial charge in [0.1, 0.15) is 28.3 Å². The third kappa shape index (κ3) is 8.58. The molecule has 2 aliphatic heterocycles. The standard InChI is InChI=1S/C37H46Cl2N6O7S/c1-8-52-30-22-31(50-6)32(53(48,49)42(5)51-7)21-29(30)36-40-34(25-9-13-27(38)14-10-25)35(26-11-15-28(39)16-12-26)45(36)37(47)44-19-17-43(18-20-44)23-33(46)41(4)24(2)3/h9-16,21-22,24,34-35H,8,17-20,23H2,1-7H3/t34?,35-/m1/s1. The van der Waals surface area contributed by atoms with Gasteiger partial charge >= 0.3 is 6.03 Å². The molecule has 3 amide bonds. The van der Waals surface area contributed by atoms with Crippen LogP contribution in [0, 0.1) is 0 Å². The van der Waals surface area contributed by atoms with E-state index >= 15 is 4.79 Å². The molecule has 0 radical (unpaired) electrons. The maximum atomic E-state index is 15.0. The Labute approximate surface area is 321 Å². The predicted octanol–water partition coefficient (Wildman–Crippen LogP) is 5.73. The van der Waals surface area contributed by atoms with Gasteiger partial charge in [0.2, 0.25) is 5.91 Å². The van der Waals surface area contributed by atoms with E-state index in [9.17, 15) is 13.2 Å². The van der Waals surface area contributed by atoms with E-state index in [0.29, 0.717) is 36.2 Å². The number of aliphatic imine (C=N–C) groups is 1. The van der Waals surface area contributed by atoms with Crippen LogP contribution in [0.4, 0.5) is 4.79 Å². The molecule has 2 aliphatic rings. The lowest BCUT2D eigenvalue weighted by Crippen LogP contribution is -2.55. The first kappa shape index (κ1) is 40.3. The Kier molecular flexibility index (Phi) is 12.9. The second-order valence-electron chi connectivity index (χ2n) is 13.0. The van der Waals surface area contributed by atoms with Gasteiger partial charge in [-0.1, -0.05) is 51.9 Å². The summed E-state index contributed by atoms with van der Waals surface area (Å²) in [6, 6.07) is 15.7. The summed E-state index contributed by atoms with van der Waals surface area (Å²) < 4.78 is 39.9. The lowest BCUT2D eigenvalue weighted by molar-refractivity contribution is -0.132. The zero-order valence-electron chi connectivity index (χ0n) is 31.0. The van der Waals surface area contributed by atoms with Crippen molar-refractivity contribution in [3.8, 4) is 11.5 Å². The minimum Gasteiger partial charge on any atom is -0.495 e. The van der Waals surface area contributed by atoms with Crippen LogP contribution in [0.3, 0.4) is 0 Å². The number of ether oxygens (including phenoxy) is 2. The van der Waals surface area contributed by atoms with E-state index in [1.54, 1.807) is 52.9 Å². The van der Waals surface area contributed by atoms with Gasteiger partial charge in [-0.3, -0.25) is 24.4 Å². The number of piperazine rings is 1. The average molecular weight is 790 g/mol. The molecule has 3 aromatic rings. The molecule has 0 aromatic heterocycles. The largest absolute Gasteiger partial charge is 0.495 e. The summed E-state index contributed by atoms with van der Waals surface area (Å²) in [6.07, 6.45) is 0. The number of benzene rings is 3. The lowest BCUT2D eigenvalue weighted by Gasteiger charge is -2.39. The quantitative estimate of drug-likeness (QED) is 0.213. The molecule has 13 nitrogen and oxygen atoms in total. The zero-order chi connectivity index (χ0) is 38.6. The molecule has 0 aliphatic carbocycles. The van der Waals surface area contributed by atoms with E-state index in [-0.39, 0.29) is 58.9 Å². The molecular formula is C37H46Cl2N6O7S. The number of rotatable bonds is 12. The molecule has 3 aromatic carbocycles. The summed E-state index contributed by atoms with van der Waals surface area (Å²) in [7, 11) is 1.42. The first-order chi connectivity index (χ1) is 25.2. The maximum Gasteiger partial charge on any atom is 0.326 e. The number of likely N-dealkylation sites (N-methyl/N-ethyl adjacent to an activating group) is 1. The molecule has 1 unspecified atom stereocenters. The van der Waals surface area contributed by atoms with Gasteiger partial charge in [-0.25, -0.2) is 13.2 Å². The van der Waals surface area contributed by atoms with Crippen molar-refractivity contribution < 1.29 is 32.3 Å². The molecule has 0 saturated carbocycles. The molecule has 1 fully saturated rings. The Morgan fingerprint density at radius 2 is 1.49 bits per heavy atom. The van der Waals surface area contributed by atoms with Gasteiger partial charge in [-0.2, -0.15) is 0 Å². The van der Waals surface area contributed by atoms with Gasteiger partial charge in [-0.15, -0.1) is 0 Å². The fraction of sp³-hybridized carbons (Fsp3) is 0.432. The Hall–Kier alpha value is -3.92. The Morgan fingerprint density at radius 1 is 0.906 bits per heavy atom. The summed E-state index contributed by atoms with van der Waals surface area (Å²) in [5, 5.41) is 1.06. The van der Waals surface area contributed by atoms with Gasteiger partial charge in [0.15, 0.2) is 0 Å². The molecular weight excluding hydrogens is 743 g/mol. The van der Waals surface area contributed by atoms with Gasteiger partial charge in [0.05, 0.1) is 39.0 Å². The van der Waals surface area contributed by atoms with Crippen LogP contribution in [0.5, 0.6) is 11.5 Å². The van der Waals surface area contributed by atoms with Crippen LogP contribution in [0.2, 0.25) is 10.0 Å². The van der Waals surface area contributed by atoms with Crippen LogP contribution >= 0.6 is 23.2 Å². The molecule has 0 bridgehead atoms. The highest BCUT2D eigenvalue weighted by Crippen LogP contribution is 2.46. The van der Waals surface area contributed by atoms with Gasteiger partial charge in [-0.05, 0) is 62.2 Å². The van der Waals surface area contributed by atoms with E-state index in [4.69, 9.17) is 42.5 Å². The fourth-order valence-corrected chi connectivity index (χ4v) is 7.67. The van der Waals surface area contributed by atoms with Crippen LogP contribution < -0.4 is 9.47 Å². The normalized spacial score (nSPS) is 18.1. The highest BCUT2D eigenvalue weighted by molar-refractivity contribution is 7.89. The highest BCUT2D eigenvalue weighted by Gasteiger charge is 2.45. The SMILES string of the molecule is CCOc1cc(OC)c(S(=O)(=O)N(C)OC)cc1C1=NC(c2ccc(Cl)cc2)[C@@H](c2ccc(Cl)cc2)N1C(=O)N1CCN(CC(=O)N(C)C(C)C)CC1. The van der Waals surface area contributed by atoms with Crippen molar-refractivity contribution >= 4 is 51.0 Å². The number of amides is 3.